The molecule has 2 aliphatic rings. The van der Waals surface area contributed by atoms with Gasteiger partial charge in [0.2, 0.25) is 0 Å². The Morgan fingerprint density at radius 2 is 1.83 bits per heavy atom. The van der Waals surface area contributed by atoms with Crippen molar-refractivity contribution in [2.24, 2.45) is 10.6 Å². The van der Waals surface area contributed by atoms with E-state index in [1.165, 1.54) is 43.4 Å². The molecular weight excluding hydrogens is 222 g/mol. The molecule has 1 aromatic carbocycles. The highest BCUT2D eigenvalue weighted by atomic mass is 16.6. The monoisotopic (exact) mass is 243 g/mol. The number of hydrogen-bond acceptors (Lipinski definition) is 2. The van der Waals surface area contributed by atoms with Crippen molar-refractivity contribution in [2.45, 2.75) is 51.6 Å². The molecule has 1 aliphatic carbocycles. The number of rotatable bonds is 2. The van der Waals surface area contributed by atoms with E-state index < -0.39 is 0 Å². The third-order valence-corrected chi connectivity index (χ3v) is 4.49. The highest BCUT2D eigenvalue weighted by molar-refractivity contribution is 5.91. The van der Waals surface area contributed by atoms with Gasteiger partial charge in [0.1, 0.15) is 0 Å². The van der Waals surface area contributed by atoms with Crippen LogP contribution in [0, 0.1) is 5.41 Å². The largest absolute Gasteiger partial charge is 0.387 e. The molecular formula is C16H21NO. The normalized spacial score (nSPS) is 26.5. The molecule has 0 radical (unpaired) electrons. The molecule has 0 saturated heterocycles. The fourth-order valence-corrected chi connectivity index (χ4v) is 3.20. The van der Waals surface area contributed by atoms with Crippen molar-refractivity contribution in [1.82, 2.24) is 0 Å². The van der Waals surface area contributed by atoms with E-state index in [1.807, 2.05) is 6.07 Å². The van der Waals surface area contributed by atoms with Crippen LogP contribution in [0.2, 0.25) is 0 Å². The summed E-state index contributed by atoms with van der Waals surface area (Å²) in [6.45, 7) is 2.36. The summed E-state index contributed by atoms with van der Waals surface area (Å²) in [6.07, 6.45) is 7.72. The third-order valence-electron chi connectivity index (χ3n) is 4.49. The van der Waals surface area contributed by atoms with Gasteiger partial charge in [0.15, 0.2) is 6.10 Å². The van der Waals surface area contributed by atoms with E-state index in [1.54, 1.807) is 0 Å². The van der Waals surface area contributed by atoms with Crippen LogP contribution >= 0.6 is 0 Å². The fraction of sp³-hybridized carbons (Fsp3) is 0.562. The Bertz CT molecular complexity index is 432. The molecule has 1 fully saturated rings. The molecule has 96 valence electrons. The van der Waals surface area contributed by atoms with Crippen LogP contribution in [0.3, 0.4) is 0 Å². The van der Waals surface area contributed by atoms with Crippen molar-refractivity contribution in [3.8, 4) is 0 Å². The fourth-order valence-electron chi connectivity index (χ4n) is 3.20. The van der Waals surface area contributed by atoms with Crippen molar-refractivity contribution >= 4 is 5.71 Å². The zero-order valence-corrected chi connectivity index (χ0v) is 11.1. The van der Waals surface area contributed by atoms with Gasteiger partial charge in [-0.1, -0.05) is 61.7 Å². The first-order valence-electron chi connectivity index (χ1n) is 7.06. The van der Waals surface area contributed by atoms with Crippen molar-refractivity contribution < 1.29 is 4.84 Å². The van der Waals surface area contributed by atoms with E-state index in [4.69, 9.17) is 4.84 Å². The molecule has 1 aromatic rings. The van der Waals surface area contributed by atoms with Crippen molar-refractivity contribution in [1.29, 1.82) is 0 Å². The lowest BCUT2D eigenvalue weighted by molar-refractivity contribution is 0.0855. The van der Waals surface area contributed by atoms with Crippen molar-refractivity contribution in [3.05, 3.63) is 35.9 Å². The third kappa shape index (κ3) is 2.16. The minimum Gasteiger partial charge on any atom is -0.387 e. The number of oxime groups is 1. The average Bonchev–Trinajstić information content (AvgIpc) is 2.91. The maximum absolute atomic E-state index is 5.66. The molecule has 2 heteroatoms. The number of benzene rings is 1. The van der Waals surface area contributed by atoms with Crippen LogP contribution in [0.5, 0.6) is 0 Å². The second kappa shape index (κ2) is 4.75. The number of hydrogen-bond donors (Lipinski definition) is 0. The molecule has 18 heavy (non-hydrogen) atoms. The van der Waals surface area contributed by atoms with Gasteiger partial charge in [0.25, 0.3) is 0 Å². The summed E-state index contributed by atoms with van der Waals surface area (Å²) in [7, 11) is 0. The van der Waals surface area contributed by atoms with Crippen LogP contribution in [-0.4, -0.2) is 5.71 Å². The maximum Gasteiger partial charge on any atom is 0.157 e. The molecule has 0 unspecified atom stereocenters. The van der Waals surface area contributed by atoms with Gasteiger partial charge in [-0.15, -0.1) is 0 Å². The molecule has 3 rings (SSSR count). The summed E-state index contributed by atoms with van der Waals surface area (Å²) in [5.74, 6) is 0. The van der Waals surface area contributed by atoms with Gasteiger partial charge in [0, 0.05) is 11.8 Å². The molecule has 1 atom stereocenters. The molecule has 1 saturated carbocycles. The zero-order valence-electron chi connectivity index (χ0n) is 11.1. The highest BCUT2D eigenvalue weighted by Gasteiger charge is 2.37. The Labute approximate surface area is 109 Å². The van der Waals surface area contributed by atoms with Crippen molar-refractivity contribution in [2.75, 3.05) is 0 Å². The Balaban J connectivity index is 1.71. The summed E-state index contributed by atoms with van der Waals surface area (Å²) >= 11 is 0. The smallest absolute Gasteiger partial charge is 0.157 e. The predicted octanol–water partition coefficient (Wildman–Crippen LogP) is 4.47. The van der Waals surface area contributed by atoms with Crippen molar-refractivity contribution in [3.63, 3.8) is 0 Å². The summed E-state index contributed by atoms with van der Waals surface area (Å²) in [4.78, 5) is 5.66. The lowest BCUT2D eigenvalue weighted by atomic mass is 9.71. The topological polar surface area (TPSA) is 21.6 Å². The zero-order chi connectivity index (χ0) is 12.4. The molecule has 2 nitrogen and oxygen atoms in total. The second-order valence-electron chi connectivity index (χ2n) is 5.87. The molecule has 0 N–H and O–H groups in total. The molecule has 1 aliphatic heterocycles. The van der Waals surface area contributed by atoms with E-state index in [9.17, 15) is 0 Å². The lowest BCUT2D eigenvalue weighted by Gasteiger charge is -2.32. The lowest BCUT2D eigenvalue weighted by Crippen LogP contribution is -2.29. The minimum absolute atomic E-state index is 0.139. The van der Waals surface area contributed by atoms with Crippen LogP contribution < -0.4 is 0 Å². The first-order chi connectivity index (χ1) is 8.78. The molecule has 0 spiro atoms. The highest BCUT2D eigenvalue weighted by Crippen LogP contribution is 2.42. The Kier molecular flexibility index (Phi) is 3.11. The van der Waals surface area contributed by atoms with E-state index in [0.29, 0.717) is 5.41 Å². The summed E-state index contributed by atoms with van der Waals surface area (Å²) in [5.41, 5.74) is 2.83. The van der Waals surface area contributed by atoms with Crippen LogP contribution in [0.15, 0.2) is 35.5 Å². The van der Waals surface area contributed by atoms with Gasteiger partial charge in [-0.3, -0.25) is 0 Å². The first-order valence-corrected chi connectivity index (χ1v) is 7.06. The predicted molar refractivity (Wildman–Crippen MR) is 73.5 cm³/mol. The van der Waals surface area contributed by atoms with Gasteiger partial charge in [-0.05, 0) is 18.4 Å². The van der Waals surface area contributed by atoms with Gasteiger partial charge >= 0.3 is 0 Å². The molecule has 0 aromatic heterocycles. The Hall–Kier alpha value is -1.31. The summed E-state index contributed by atoms with van der Waals surface area (Å²) in [6, 6.07) is 10.4. The quantitative estimate of drug-likeness (QED) is 0.750. The summed E-state index contributed by atoms with van der Waals surface area (Å²) < 4.78 is 0. The van der Waals surface area contributed by atoms with Crippen LogP contribution in [-0.2, 0) is 4.84 Å². The maximum atomic E-state index is 5.66. The Morgan fingerprint density at radius 3 is 2.56 bits per heavy atom. The van der Waals surface area contributed by atoms with Gasteiger partial charge in [0.05, 0.1) is 5.71 Å². The second-order valence-corrected chi connectivity index (χ2v) is 5.87. The van der Waals surface area contributed by atoms with Gasteiger partial charge < -0.3 is 4.84 Å². The number of nitrogens with zero attached hydrogens (tertiary/aromatic N) is 1. The van der Waals surface area contributed by atoms with Gasteiger partial charge in [-0.25, -0.2) is 0 Å². The van der Waals surface area contributed by atoms with Crippen LogP contribution in [0.1, 0.15) is 57.1 Å². The average molecular weight is 243 g/mol. The van der Waals surface area contributed by atoms with E-state index in [0.717, 1.165) is 6.42 Å². The first kappa shape index (κ1) is 11.8. The molecule has 1 heterocycles. The van der Waals surface area contributed by atoms with E-state index in [-0.39, 0.29) is 6.10 Å². The van der Waals surface area contributed by atoms with Gasteiger partial charge in [-0.2, -0.15) is 0 Å². The molecule has 0 amide bonds. The van der Waals surface area contributed by atoms with Crippen LogP contribution in [0.25, 0.3) is 0 Å². The standard InChI is InChI=1S/C16H21NO/c1-16(10-6-3-7-11-16)15-12-14(18-17-15)13-8-4-2-5-9-13/h2,4-5,8-9,14H,3,6-7,10-12H2,1H3/t14-/m0/s1. The molecule has 0 bridgehead atoms. The SMILES string of the molecule is CC1(C2=NO[C@H](c3ccccc3)C2)CCCCC1. The minimum atomic E-state index is 0.139. The summed E-state index contributed by atoms with van der Waals surface area (Å²) in [5, 5.41) is 4.41. The Morgan fingerprint density at radius 1 is 1.11 bits per heavy atom. The van der Waals surface area contributed by atoms with Crippen LogP contribution in [0.4, 0.5) is 0 Å². The van der Waals surface area contributed by atoms with E-state index in [2.05, 4.69) is 36.3 Å². The van der Waals surface area contributed by atoms with E-state index >= 15 is 0 Å².